The Morgan fingerprint density at radius 1 is 1.31 bits per heavy atom. The van der Waals surface area contributed by atoms with Crippen LogP contribution in [0.4, 0.5) is 0 Å². The fraction of sp³-hybridized carbons (Fsp3) is 0.917. The summed E-state index contributed by atoms with van der Waals surface area (Å²) in [5.74, 6) is 1.81. The predicted molar refractivity (Wildman–Crippen MR) is 55.7 cm³/mol. The van der Waals surface area contributed by atoms with E-state index in [1.165, 1.54) is 38.5 Å². The van der Waals surface area contributed by atoms with Gasteiger partial charge in [-0.3, -0.25) is 0 Å². The number of carbonyl (C=O) groups is 1. The zero-order chi connectivity index (χ0) is 9.52. The first kappa shape index (κ1) is 10.7. The van der Waals surface area contributed by atoms with Crippen LogP contribution >= 0.6 is 0 Å². The van der Waals surface area contributed by atoms with Crippen LogP contribution in [0.1, 0.15) is 58.3 Å². The van der Waals surface area contributed by atoms with Gasteiger partial charge in [-0.25, -0.2) is 0 Å². The van der Waals surface area contributed by atoms with Crippen LogP contribution in [0.15, 0.2) is 0 Å². The lowest BCUT2D eigenvalue weighted by atomic mass is 9.79. The molecule has 0 saturated heterocycles. The highest BCUT2D eigenvalue weighted by molar-refractivity contribution is 5.48. The summed E-state index contributed by atoms with van der Waals surface area (Å²) >= 11 is 0. The van der Waals surface area contributed by atoms with Gasteiger partial charge in [0.25, 0.3) is 0 Å². The number of aldehydes is 1. The van der Waals surface area contributed by atoms with Crippen LogP contribution in [0, 0.1) is 11.8 Å². The van der Waals surface area contributed by atoms with Gasteiger partial charge in [0.1, 0.15) is 6.29 Å². The summed E-state index contributed by atoms with van der Waals surface area (Å²) in [5, 5.41) is 0. The van der Waals surface area contributed by atoms with Crippen molar-refractivity contribution in [2.24, 2.45) is 11.8 Å². The topological polar surface area (TPSA) is 17.1 Å². The van der Waals surface area contributed by atoms with Crippen molar-refractivity contribution >= 4 is 6.29 Å². The van der Waals surface area contributed by atoms with Crippen LogP contribution in [0.5, 0.6) is 0 Å². The lowest BCUT2D eigenvalue weighted by molar-refractivity contribution is -0.108. The summed E-state index contributed by atoms with van der Waals surface area (Å²) in [6, 6.07) is 0. The minimum absolute atomic E-state index is 0.761. The molecule has 1 aliphatic carbocycles. The minimum atomic E-state index is 0.761. The Balaban J connectivity index is 2.13. The Kier molecular flexibility index (Phi) is 5.10. The largest absolute Gasteiger partial charge is 0.303 e. The van der Waals surface area contributed by atoms with E-state index in [0.29, 0.717) is 0 Å². The van der Waals surface area contributed by atoms with Crippen LogP contribution < -0.4 is 0 Å². The Morgan fingerprint density at radius 2 is 2.00 bits per heavy atom. The highest BCUT2D eigenvalue weighted by Crippen LogP contribution is 2.32. The van der Waals surface area contributed by atoms with Crippen molar-refractivity contribution in [2.45, 2.75) is 58.3 Å². The van der Waals surface area contributed by atoms with Gasteiger partial charge in [0.05, 0.1) is 0 Å². The SMILES string of the molecule is CC(CCCC=O)C1CCCCC1. The van der Waals surface area contributed by atoms with E-state index < -0.39 is 0 Å². The van der Waals surface area contributed by atoms with E-state index in [1.807, 2.05) is 0 Å². The van der Waals surface area contributed by atoms with E-state index in [9.17, 15) is 4.79 Å². The summed E-state index contributed by atoms with van der Waals surface area (Å²) in [6.45, 7) is 2.36. The first-order valence-corrected chi connectivity index (χ1v) is 5.78. The van der Waals surface area contributed by atoms with Gasteiger partial charge in [0.2, 0.25) is 0 Å². The van der Waals surface area contributed by atoms with Crippen LogP contribution in [-0.2, 0) is 4.79 Å². The maximum absolute atomic E-state index is 10.2. The zero-order valence-corrected chi connectivity index (χ0v) is 8.80. The Hall–Kier alpha value is -0.330. The summed E-state index contributed by atoms with van der Waals surface area (Å²) < 4.78 is 0. The standard InChI is InChI=1S/C12H22O/c1-11(7-5-6-10-13)12-8-3-2-4-9-12/h10-12H,2-9H2,1H3. The first-order chi connectivity index (χ1) is 6.34. The van der Waals surface area contributed by atoms with E-state index in [4.69, 9.17) is 0 Å². The van der Waals surface area contributed by atoms with Crippen molar-refractivity contribution in [1.29, 1.82) is 0 Å². The molecule has 0 aromatic heterocycles. The van der Waals surface area contributed by atoms with Gasteiger partial charge >= 0.3 is 0 Å². The van der Waals surface area contributed by atoms with Crippen molar-refractivity contribution in [3.63, 3.8) is 0 Å². The molecule has 1 unspecified atom stereocenters. The Morgan fingerprint density at radius 3 is 2.62 bits per heavy atom. The molecule has 0 spiro atoms. The highest BCUT2D eigenvalue weighted by atomic mass is 16.1. The van der Waals surface area contributed by atoms with Crippen molar-refractivity contribution in [1.82, 2.24) is 0 Å². The Labute approximate surface area is 81.9 Å². The second-order valence-corrected chi connectivity index (χ2v) is 4.47. The molecule has 0 aromatic carbocycles. The van der Waals surface area contributed by atoms with E-state index in [2.05, 4.69) is 6.92 Å². The van der Waals surface area contributed by atoms with Gasteiger partial charge in [0, 0.05) is 6.42 Å². The summed E-state index contributed by atoms with van der Waals surface area (Å²) in [4.78, 5) is 10.2. The van der Waals surface area contributed by atoms with E-state index >= 15 is 0 Å². The maximum atomic E-state index is 10.2. The molecule has 1 heteroatoms. The molecule has 0 amide bonds. The molecule has 1 fully saturated rings. The van der Waals surface area contributed by atoms with Gasteiger partial charge in [0.15, 0.2) is 0 Å². The molecule has 0 N–H and O–H groups in total. The molecule has 1 nitrogen and oxygen atoms in total. The van der Waals surface area contributed by atoms with Gasteiger partial charge in [-0.05, 0) is 18.3 Å². The van der Waals surface area contributed by atoms with Crippen molar-refractivity contribution in [3.05, 3.63) is 0 Å². The van der Waals surface area contributed by atoms with Crippen molar-refractivity contribution < 1.29 is 4.79 Å². The molecular weight excluding hydrogens is 160 g/mol. The molecule has 0 aromatic rings. The third-order valence-electron chi connectivity index (χ3n) is 3.44. The monoisotopic (exact) mass is 182 g/mol. The second kappa shape index (κ2) is 6.17. The smallest absolute Gasteiger partial charge is 0.119 e. The zero-order valence-electron chi connectivity index (χ0n) is 8.80. The number of hydrogen-bond acceptors (Lipinski definition) is 1. The summed E-state index contributed by atoms with van der Waals surface area (Å²) in [6.07, 6.45) is 11.3. The maximum Gasteiger partial charge on any atom is 0.119 e. The molecule has 76 valence electrons. The molecular formula is C12H22O. The van der Waals surface area contributed by atoms with Crippen LogP contribution in [-0.4, -0.2) is 6.29 Å². The molecule has 0 radical (unpaired) electrons. The highest BCUT2D eigenvalue weighted by Gasteiger charge is 2.19. The fourth-order valence-corrected chi connectivity index (χ4v) is 2.46. The first-order valence-electron chi connectivity index (χ1n) is 5.78. The molecule has 13 heavy (non-hydrogen) atoms. The molecule has 1 saturated carbocycles. The fourth-order valence-electron chi connectivity index (χ4n) is 2.46. The average Bonchev–Trinajstić information content (AvgIpc) is 2.19. The molecule has 0 heterocycles. The van der Waals surface area contributed by atoms with Gasteiger partial charge in [-0.15, -0.1) is 0 Å². The molecule has 0 bridgehead atoms. The third-order valence-corrected chi connectivity index (χ3v) is 3.44. The van der Waals surface area contributed by atoms with Gasteiger partial charge < -0.3 is 4.79 Å². The molecule has 1 rings (SSSR count). The van der Waals surface area contributed by atoms with Gasteiger partial charge in [-0.2, -0.15) is 0 Å². The van der Waals surface area contributed by atoms with Crippen LogP contribution in [0.25, 0.3) is 0 Å². The summed E-state index contributed by atoms with van der Waals surface area (Å²) in [5.41, 5.74) is 0. The van der Waals surface area contributed by atoms with Crippen LogP contribution in [0.2, 0.25) is 0 Å². The Bertz CT molecular complexity index is 136. The quantitative estimate of drug-likeness (QED) is 0.469. The second-order valence-electron chi connectivity index (χ2n) is 4.47. The number of rotatable bonds is 5. The lowest BCUT2D eigenvalue weighted by Crippen LogP contribution is -2.15. The predicted octanol–water partition coefficient (Wildman–Crippen LogP) is 3.57. The van der Waals surface area contributed by atoms with E-state index in [-0.39, 0.29) is 0 Å². The summed E-state index contributed by atoms with van der Waals surface area (Å²) in [7, 11) is 0. The third kappa shape index (κ3) is 3.93. The number of unbranched alkanes of at least 4 members (excludes halogenated alkanes) is 1. The normalized spacial score (nSPS) is 21.3. The molecule has 1 atom stereocenters. The van der Waals surface area contributed by atoms with Gasteiger partial charge in [-0.1, -0.05) is 45.4 Å². The average molecular weight is 182 g/mol. The van der Waals surface area contributed by atoms with E-state index in [0.717, 1.165) is 31.0 Å². The van der Waals surface area contributed by atoms with Crippen LogP contribution in [0.3, 0.4) is 0 Å². The molecule has 1 aliphatic rings. The van der Waals surface area contributed by atoms with E-state index in [1.54, 1.807) is 0 Å². The molecule has 0 aliphatic heterocycles. The van der Waals surface area contributed by atoms with Crippen molar-refractivity contribution in [2.75, 3.05) is 0 Å². The van der Waals surface area contributed by atoms with Crippen molar-refractivity contribution in [3.8, 4) is 0 Å². The number of hydrogen-bond donors (Lipinski definition) is 0. The number of carbonyl (C=O) groups excluding carboxylic acids is 1. The minimum Gasteiger partial charge on any atom is -0.303 e. The lowest BCUT2D eigenvalue weighted by Gasteiger charge is -2.27.